The van der Waals surface area contributed by atoms with Crippen molar-refractivity contribution in [2.24, 2.45) is 0 Å². The lowest BCUT2D eigenvalue weighted by molar-refractivity contribution is -0.138. The summed E-state index contributed by atoms with van der Waals surface area (Å²) < 4.78 is 77.4. The van der Waals surface area contributed by atoms with Crippen LogP contribution >= 0.6 is 15.9 Å². The number of amides is 1. The Labute approximate surface area is 197 Å². The number of β-amino-alcohol motifs (C(OH)–C–C–N with tert-alkyl or cyclic N) is 1. The number of carbonyl (C=O) groups excluding carboxylic acids is 2. The smallest absolute Gasteiger partial charge is 0.416 e. The molecule has 0 bridgehead atoms. The number of anilines is 1. The maximum Gasteiger partial charge on any atom is 0.416 e. The number of nitrogens with zero attached hydrogens (tertiary/aromatic N) is 1. The third-order valence-electron chi connectivity index (χ3n) is 4.69. The van der Waals surface area contributed by atoms with Crippen molar-refractivity contribution in [2.45, 2.75) is 6.18 Å². The van der Waals surface area contributed by atoms with E-state index >= 15 is 0 Å². The molecule has 34 heavy (non-hydrogen) atoms. The molecule has 1 aliphatic rings. The average molecular weight is 551 g/mol. The third-order valence-corrected chi connectivity index (χ3v) is 5.19. The number of methoxy groups -OCH3 is 1. The van der Waals surface area contributed by atoms with E-state index in [2.05, 4.69) is 26.0 Å². The first-order chi connectivity index (χ1) is 16.0. The number of benzene rings is 2. The van der Waals surface area contributed by atoms with Crippen LogP contribution in [0.1, 0.15) is 5.56 Å². The minimum absolute atomic E-state index is 0.0383. The summed E-state index contributed by atoms with van der Waals surface area (Å²) in [4.78, 5) is 26.1. The fraction of sp³-hybridized carbons (Fsp3) is 0.238. The number of aliphatic hydroxyl groups excluding tert-OH is 1. The Morgan fingerprint density at radius 1 is 1.21 bits per heavy atom. The molecule has 2 aromatic rings. The number of esters is 1. The maximum atomic E-state index is 14.3. The van der Waals surface area contributed by atoms with Crippen LogP contribution in [0.4, 0.5) is 27.6 Å². The van der Waals surface area contributed by atoms with E-state index in [-0.39, 0.29) is 54.5 Å². The van der Waals surface area contributed by atoms with E-state index < -0.39 is 41.0 Å². The summed E-state index contributed by atoms with van der Waals surface area (Å²) in [5.74, 6) is -6.03. The van der Waals surface area contributed by atoms with Crippen molar-refractivity contribution in [3.05, 3.63) is 63.3 Å². The van der Waals surface area contributed by atoms with Gasteiger partial charge in [0.1, 0.15) is 5.70 Å². The Balaban J connectivity index is 2.01. The van der Waals surface area contributed by atoms with Crippen molar-refractivity contribution < 1.29 is 46.1 Å². The van der Waals surface area contributed by atoms with Gasteiger partial charge in [-0.1, -0.05) is 15.9 Å². The van der Waals surface area contributed by atoms with Crippen LogP contribution in [-0.2, 0) is 20.5 Å². The molecule has 0 saturated carbocycles. The van der Waals surface area contributed by atoms with Gasteiger partial charge in [0.15, 0.2) is 23.1 Å². The number of ether oxygens (including phenoxy) is 2. The Morgan fingerprint density at radius 3 is 2.41 bits per heavy atom. The molecular formula is C21H16BrF5N2O5. The highest BCUT2D eigenvalue weighted by Gasteiger charge is 2.35. The summed E-state index contributed by atoms with van der Waals surface area (Å²) in [6.07, 6.45) is -4.97. The van der Waals surface area contributed by atoms with Crippen molar-refractivity contribution in [3.8, 4) is 11.5 Å². The molecule has 1 amide bonds. The van der Waals surface area contributed by atoms with Gasteiger partial charge in [-0.05, 0) is 30.3 Å². The lowest BCUT2D eigenvalue weighted by Gasteiger charge is -2.17. The monoisotopic (exact) mass is 550 g/mol. The zero-order valence-corrected chi connectivity index (χ0v) is 18.9. The van der Waals surface area contributed by atoms with E-state index in [1.54, 1.807) is 0 Å². The van der Waals surface area contributed by atoms with E-state index in [4.69, 9.17) is 9.84 Å². The summed E-state index contributed by atoms with van der Waals surface area (Å²) in [6, 6.07) is 4.21. The van der Waals surface area contributed by atoms with Crippen molar-refractivity contribution in [2.75, 3.05) is 32.1 Å². The van der Waals surface area contributed by atoms with Gasteiger partial charge in [0, 0.05) is 11.0 Å². The SMILES string of the molecule is COC(=O)C1=C(Nc2cc(Br)ccc2Oc2c(F)cc(C(F)(F)F)cc2F)C(=O)N(CCO)C1. The molecule has 0 aromatic heterocycles. The zero-order chi connectivity index (χ0) is 25.2. The molecule has 0 radical (unpaired) electrons. The highest BCUT2D eigenvalue weighted by molar-refractivity contribution is 9.10. The number of hydrogen-bond donors (Lipinski definition) is 2. The van der Waals surface area contributed by atoms with Gasteiger partial charge in [-0.15, -0.1) is 0 Å². The zero-order valence-electron chi connectivity index (χ0n) is 17.3. The predicted octanol–water partition coefficient (Wildman–Crippen LogP) is 4.21. The van der Waals surface area contributed by atoms with Crippen LogP contribution in [0.3, 0.4) is 0 Å². The van der Waals surface area contributed by atoms with E-state index in [0.29, 0.717) is 4.47 Å². The van der Waals surface area contributed by atoms with Gasteiger partial charge in [0.25, 0.3) is 5.91 Å². The molecule has 1 aliphatic heterocycles. The maximum absolute atomic E-state index is 14.3. The summed E-state index contributed by atoms with van der Waals surface area (Å²) in [5, 5.41) is 11.8. The molecule has 1 heterocycles. The Morgan fingerprint density at radius 2 is 1.85 bits per heavy atom. The quantitative estimate of drug-likeness (QED) is 0.396. The van der Waals surface area contributed by atoms with Crippen LogP contribution < -0.4 is 10.1 Å². The van der Waals surface area contributed by atoms with Crippen molar-refractivity contribution in [1.29, 1.82) is 0 Å². The molecule has 0 spiro atoms. The second-order valence-corrected chi connectivity index (χ2v) is 7.85. The largest absolute Gasteiger partial charge is 0.466 e. The number of carbonyl (C=O) groups is 2. The molecular weight excluding hydrogens is 535 g/mol. The standard InChI is InChI=1S/C21H16BrF5N2O5/c1-33-20(32)12-9-29(4-5-30)19(31)17(12)28-15-8-11(22)2-3-16(15)34-18-13(23)6-10(7-14(18)24)21(25,26)27/h2-3,6-8,28,30H,4-5,9H2,1H3. The highest BCUT2D eigenvalue weighted by atomic mass is 79.9. The normalized spacial score (nSPS) is 14.0. The van der Waals surface area contributed by atoms with Gasteiger partial charge < -0.3 is 24.8 Å². The Kier molecular flexibility index (Phi) is 7.46. The molecule has 0 unspecified atom stereocenters. The van der Waals surface area contributed by atoms with Gasteiger partial charge in [0.2, 0.25) is 0 Å². The molecule has 2 aromatic carbocycles. The van der Waals surface area contributed by atoms with E-state index in [0.717, 1.165) is 7.11 Å². The number of alkyl halides is 3. The second-order valence-electron chi connectivity index (χ2n) is 6.93. The van der Waals surface area contributed by atoms with Crippen molar-refractivity contribution in [3.63, 3.8) is 0 Å². The molecule has 3 rings (SSSR count). The molecule has 0 saturated heterocycles. The van der Waals surface area contributed by atoms with Crippen LogP contribution in [0.15, 0.2) is 46.1 Å². The number of aliphatic hydroxyl groups is 1. The van der Waals surface area contributed by atoms with Crippen molar-refractivity contribution in [1.82, 2.24) is 4.90 Å². The number of hydrogen-bond acceptors (Lipinski definition) is 6. The third kappa shape index (κ3) is 5.30. The topological polar surface area (TPSA) is 88.1 Å². The lowest BCUT2D eigenvalue weighted by atomic mass is 10.2. The summed E-state index contributed by atoms with van der Waals surface area (Å²) in [7, 11) is 1.11. The predicted molar refractivity (Wildman–Crippen MR) is 112 cm³/mol. The lowest BCUT2D eigenvalue weighted by Crippen LogP contribution is -2.31. The van der Waals surface area contributed by atoms with Crippen molar-refractivity contribution >= 4 is 33.5 Å². The van der Waals surface area contributed by atoms with E-state index in [9.17, 15) is 31.5 Å². The number of nitrogens with one attached hydrogen (secondary N) is 1. The van der Waals surface area contributed by atoms with Crippen LogP contribution in [0, 0.1) is 11.6 Å². The van der Waals surface area contributed by atoms with E-state index in [1.165, 1.54) is 23.1 Å². The Bertz CT molecular complexity index is 1150. The summed E-state index contributed by atoms with van der Waals surface area (Å²) in [6.45, 7) is -0.611. The molecule has 0 atom stereocenters. The van der Waals surface area contributed by atoms with Crippen LogP contribution in [-0.4, -0.2) is 48.7 Å². The minimum Gasteiger partial charge on any atom is -0.466 e. The van der Waals surface area contributed by atoms with E-state index in [1.807, 2.05) is 0 Å². The molecule has 7 nitrogen and oxygen atoms in total. The molecule has 2 N–H and O–H groups in total. The first kappa shape index (κ1) is 25.4. The van der Waals surface area contributed by atoms with Gasteiger partial charge >= 0.3 is 12.1 Å². The summed E-state index contributed by atoms with van der Waals surface area (Å²) >= 11 is 3.20. The fourth-order valence-corrected chi connectivity index (χ4v) is 3.46. The minimum atomic E-state index is -4.97. The van der Waals surface area contributed by atoms with Gasteiger partial charge in [-0.2, -0.15) is 13.2 Å². The highest BCUT2D eigenvalue weighted by Crippen LogP contribution is 2.39. The first-order valence-corrected chi connectivity index (χ1v) is 10.3. The van der Waals surface area contributed by atoms with Crippen LogP contribution in [0.5, 0.6) is 11.5 Å². The fourth-order valence-electron chi connectivity index (χ4n) is 3.10. The van der Waals surface area contributed by atoms with Crippen LogP contribution in [0.25, 0.3) is 0 Å². The molecule has 0 fully saturated rings. The molecule has 13 heteroatoms. The molecule has 0 aliphatic carbocycles. The van der Waals surface area contributed by atoms with Gasteiger partial charge in [-0.25, -0.2) is 13.6 Å². The number of rotatable bonds is 7. The molecule has 182 valence electrons. The number of halogens is 6. The Hall–Kier alpha value is -3.19. The van der Waals surface area contributed by atoms with Gasteiger partial charge in [0.05, 0.1) is 37.1 Å². The first-order valence-electron chi connectivity index (χ1n) is 9.48. The second kappa shape index (κ2) is 9.97. The van der Waals surface area contributed by atoms with Crippen LogP contribution in [0.2, 0.25) is 0 Å². The average Bonchev–Trinajstić information content (AvgIpc) is 3.06. The van der Waals surface area contributed by atoms with Gasteiger partial charge in [-0.3, -0.25) is 4.79 Å². The summed E-state index contributed by atoms with van der Waals surface area (Å²) in [5.41, 5.74) is -1.86.